The van der Waals surface area contributed by atoms with E-state index in [1.807, 2.05) is 11.4 Å². The van der Waals surface area contributed by atoms with E-state index in [2.05, 4.69) is 36.0 Å². The Bertz CT molecular complexity index is 540. The average Bonchev–Trinajstić information content (AvgIpc) is 3.23. The number of nitrogens with zero attached hydrogens (tertiary/aromatic N) is 1. The van der Waals surface area contributed by atoms with E-state index in [4.69, 9.17) is 5.11 Å². The predicted octanol–water partition coefficient (Wildman–Crippen LogP) is 1.69. The molecule has 114 valence electrons. The number of carbonyl (C=O) groups is 1. The number of rotatable bonds is 6. The van der Waals surface area contributed by atoms with Crippen molar-refractivity contribution >= 4 is 17.2 Å². The van der Waals surface area contributed by atoms with Crippen molar-refractivity contribution in [3.05, 3.63) is 21.9 Å². The largest absolute Gasteiger partial charge is 0.395 e. The zero-order valence-electron chi connectivity index (χ0n) is 12.6. The molecule has 0 aromatic carbocycles. The van der Waals surface area contributed by atoms with Crippen LogP contribution in [-0.4, -0.2) is 48.2 Å². The first kappa shape index (κ1) is 16.0. The number of hydrogen-bond donors (Lipinski definition) is 2. The van der Waals surface area contributed by atoms with Gasteiger partial charge >= 0.3 is 0 Å². The van der Waals surface area contributed by atoms with Crippen LogP contribution in [0.4, 0.5) is 0 Å². The monoisotopic (exact) mass is 306 g/mol. The van der Waals surface area contributed by atoms with Gasteiger partial charge in [0.15, 0.2) is 0 Å². The molecule has 2 N–H and O–H groups in total. The summed E-state index contributed by atoms with van der Waals surface area (Å²) in [4.78, 5) is 15.2. The van der Waals surface area contributed by atoms with Crippen molar-refractivity contribution in [2.45, 2.75) is 38.3 Å². The van der Waals surface area contributed by atoms with Gasteiger partial charge in [0, 0.05) is 30.6 Å². The summed E-state index contributed by atoms with van der Waals surface area (Å²) in [5.74, 6) is 5.74. The number of hydrogen-bond acceptors (Lipinski definition) is 4. The Balaban J connectivity index is 1.88. The molecule has 1 unspecified atom stereocenters. The number of likely N-dealkylation sites (N-methyl/N-ethyl adjacent to an activating group) is 1. The van der Waals surface area contributed by atoms with Crippen LogP contribution in [0.15, 0.2) is 11.4 Å². The van der Waals surface area contributed by atoms with Gasteiger partial charge in [0.25, 0.3) is 5.91 Å². The molecule has 0 saturated heterocycles. The fourth-order valence-corrected chi connectivity index (χ4v) is 2.87. The molecule has 0 bridgehead atoms. The zero-order chi connectivity index (χ0) is 15.2. The van der Waals surface area contributed by atoms with E-state index >= 15 is 0 Å². The molecule has 1 aliphatic rings. The van der Waals surface area contributed by atoms with Crippen LogP contribution >= 0.6 is 11.3 Å². The average molecular weight is 306 g/mol. The molecule has 1 amide bonds. The number of carbonyl (C=O) groups excluding carboxylic acids is 1. The molecule has 1 aromatic rings. The van der Waals surface area contributed by atoms with Gasteiger partial charge in [-0.05, 0) is 38.3 Å². The lowest BCUT2D eigenvalue weighted by molar-refractivity contribution is 0.0943. The third-order valence-electron chi connectivity index (χ3n) is 3.71. The van der Waals surface area contributed by atoms with Gasteiger partial charge in [0.05, 0.1) is 6.61 Å². The van der Waals surface area contributed by atoms with E-state index in [-0.39, 0.29) is 12.5 Å². The highest BCUT2D eigenvalue weighted by molar-refractivity contribution is 7.12. The maximum absolute atomic E-state index is 12.2. The van der Waals surface area contributed by atoms with Crippen molar-refractivity contribution in [1.29, 1.82) is 0 Å². The lowest BCUT2D eigenvalue weighted by Gasteiger charge is -2.24. The molecule has 1 saturated carbocycles. The predicted molar refractivity (Wildman–Crippen MR) is 85.5 cm³/mol. The third kappa shape index (κ3) is 4.57. The second kappa shape index (κ2) is 7.60. The minimum atomic E-state index is -0.0608. The van der Waals surface area contributed by atoms with Crippen molar-refractivity contribution in [3.8, 4) is 11.8 Å². The molecule has 1 fully saturated rings. The summed E-state index contributed by atoms with van der Waals surface area (Å²) >= 11 is 1.40. The van der Waals surface area contributed by atoms with Crippen molar-refractivity contribution in [2.75, 3.05) is 20.2 Å². The summed E-state index contributed by atoms with van der Waals surface area (Å²) < 4.78 is 0. The maximum atomic E-state index is 12.2. The van der Waals surface area contributed by atoms with Crippen molar-refractivity contribution in [3.63, 3.8) is 0 Å². The Hall–Kier alpha value is -1.35. The molecular formula is C16H22N2O2S. The third-order valence-corrected chi connectivity index (χ3v) is 4.62. The molecule has 2 rings (SSSR count). The highest BCUT2D eigenvalue weighted by Crippen LogP contribution is 2.26. The topological polar surface area (TPSA) is 52.6 Å². The van der Waals surface area contributed by atoms with Gasteiger partial charge in [0.2, 0.25) is 0 Å². The number of nitrogens with one attached hydrogen (secondary N) is 1. The lowest BCUT2D eigenvalue weighted by atomic mass is 10.2. The molecule has 0 spiro atoms. The normalized spacial score (nSPS) is 15.4. The summed E-state index contributed by atoms with van der Waals surface area (Å²) in [5, 5.41) is 13.6. The Morgan fingerprint density at radius 3 is 3.05 bits per heavy atom. The standard InChI is InChI=1S/C16H22N2O2S/c1-12(18(2)14-6-7-14)11-17-16(20)15-13(8-10-21-15)5-3-4-9-19/h8,10,12,14,19H,4,6-7,9,11H2,1-2H3,(H,17,20). The Labute approximate surface area is 130 Å². The van der Waals surface area contributed by atoms with Crippen LogP contribution in [-0.2, 0) is 0 Å². The summed E-state index contributed by atoms with van der Waals surface area (Å²) in [6.45, 7) is 2.83. The Morgan fingerprint density at radius 1 is 1.62 bits per heavy atom. The van der Waals surface area contributed by atoms with Crippen LogP contribution in [0, 0.1) is 11.8 Å². The van der Waals surface area contributed by atoms with E-state index in [0.29, 0.717) is 29.9 Å². The highest BCUT2D eigenvalue weighted by Gasteiger charge is 2.29. The molecule has 1 aliphatic carbocycles. The molecule has 1 atom stereocenters. The van der Waals surface area contributed by atoms with Crippen molar-refractivity contribution in [2.24, 2.45) is 0 Å². The quantitative estimate of drug-likeness (QED) is 0.787. The van der Waals surface area contributed by atoms with Gasteiger partial charge in [-0.25, -0.2) is 0 Å². The fourth-order valence-electron chi connectivity index (χ4n) is 2.10. The zero-order valence-corrected chi connectivity index (χ0v) is 13.4. The van der Waals surface area contributed by atoms with E-state index < -0.39 is 0 Å². The Morgan fingerprint density at radius 2 is 2.38 bits per heavy atom. The van der Waals surface area contributed by atoms with Gasteiger partial charge in [-0.3, -0.25) is 9.69 Å². The first-order chi connectivity index (χ1) is 10.1. The number of amides is 1. The van der Waals surface area contributed by atoms with E-state index in [1.165, 1.54) is 24.2 Å². The molecule has 0 radical (unpaired) electrons. The molecule has 1 aromatic heterocycles. The van der Waals surface area contributed by atoms with Crippen molar-refractivity contribution in [1.82, 2.24) is 10.2 Å². The molecule has 4 nitrogen and oxygen atoms in total. The summed E-state index contributed by atoms with van der Waals surface area (Å²) in [6.07, 6.45) is 2.97. The van der Waals surface area contributed by atoms with Crippen LogP contribution in [0.5, 0.6) is 0 Å². The van der Waals surface area contributed by atoms with Crippen LogP contribution in [0.25, 0.3) is 0 Å². The summed E-state index contributed by atoms with van der Waals surface area (Å²) in [7, 11) is 2.12. The number of aliphatic hydroxyl groups is 1. The minimum absolute atomic E-state index is 0.0453. The number of thiophene rings is 1. The van der Waals surface area contributed by atoms with E-state index in [1.54, 1.807) is 0 Å². The summed E-state index contributed by atoms with van der Waals surface area (Å²) in [5.41, 5.74) is 0.745. The Kier molecular flexibility index (Phi) is 5.80. The summed E-state index contributed by atoms with van der Waals surface area (Å²) in [6, 6.07) is 2.88. The second-order valence-corrected chi connectivity index (χ2v) is 6.31. The second-order valence-electron chi connectivity index (χ2n) is 5.39. The van der Waals surface area contributed by atoms with E-state index in [9.17, 15) is 4.79 Å². The highest BCUT2D eigenvalue weighted by atomic mass is 32.1. The van der Waals surface area contributed by atoms with Gasteiger partial charge < -0.3 is 10.4 Å². The molecule has 1 heterocycles. The van der Waals surface area contributed by atoms with Gasteiger partial charge in [0.1, 0.15) is 4.88 Å². The van der Waals surface area contributed by atoms with Crippen LogP contribution in [0.2, 0.25) is 0 Å². The van der Waals surface area contributed by atoms with Gasteiger partial charge in [-0.1, -0.05) is 11.8 Å². The minimum Gasteiger partial charge on any atom is -0.395 e. The smallest absolute Gasteiger partial charge is 0.262 e. The van der Waals surface area contributed by atoms with Gasteiger partial charge in [-0.15, -0.1) is 11.3 Å². The maximum Gasteiger partial charge on any atom is 0.262 e. The molecular weight excluding hydrogens is 284 g/mol. The number of aliphatic hydroxyl groups excluding tert-OH is 1. The van der Waals surface area contributed by atoms with Crippen LogP contribution in [0.3, 0.4) is 0 Å². The SMILES string of the molecule is CC(CNC(=O)c1sccc1C#CCCO)N(C)C1CC1. The lowest BCUT2D eigenvalue weighted by Crippen LogP contribution is -2.41. The fraction of sp³-hybridized carbons (Fsp3) is 0.562. The molecule has 5 heteroatoms. The van der Waals surface area contributed by atoms with Crippen molar-refractivity contribution < 1.29 is 9.90 Å². The van der Waals surface area contributed by atoms with Gasteiger partial charge in [-0.2, -0.15) is 0 Å². The first-order valence-electron chi connectivity index (χ1n) is 7.31. The van der Waals surface area contributed by atoms with Crippen LogP contribution in [0.1, 0.15) is 41.4 Å². The van der Waals surface area contributed by atoms with E-state index in [0.717, 1.165) is 5.56 Å². The molecule has 21 heavy (non-hydrogen) atoms. The van der Waals surface area contributed by atoms with Crippen LogP contribution < -0.4 is 5.32 Å². The molecule has 0 aliphatic heterocycles. The first-order valence-corrected chi connectivity index (χ1v) is 8.18.